The molecule has 5 nitrogen and oxygen atoms in total. The topological polar surface area (TPSA) is 55.2 Å². The van der Waals surface area contributed by atoms with Gasteiger partial charge in [-0.3, -0.25) is 9.59 Å². The molecule has 0 spiro atoms. The van der Waals surface area contributed by atoms with Crippen LogP contribution in [0.1, 0.15) is 52.9 Å². The van der Waals surface area contributed by atoms with E-state index in [9.17, 15) is 14.0 Å². The second kappa shape index (κ2) is 8.25. The van der Waals surface area contributed by atoms with Crippen molar-refractivity contribution in [3.05, 3.63) is 52.6 Å². The van der Waals surface area contributed by atoms with Crippen LogP contribution >= 0.6 is 0 Å². The molecule has 1 fully saturated rings. The molecule has 1 aromatic heterocycles. The highest BCUT2D eigenvalue weighted by molar-refractivity contribution is 5.84. The van der Waals surface area contributed by atoms with Gasteiger partial charge in [-0.15, -0.1) is 0 Å². The predicted octanol–water partition coefficient (Wildman–Crippen LogP) is 3.97. The largest absolute Gasteiger partial charge is 0.338 e. The summed E-state index contributed by atoms with van der Waals surface area (Å²) >= 11 is 0. The Morgan fingerprint density at radius 3 is 2.39 bits per heavy atom. The van der Waals surface area contributed by atoms with Gasteiger partial charge in [0.2, 0.25) is 5.91 Å². The van der Waals surface area contributed by atoms with E-state index in [0.29, 0.717) is 17.8 Å². The van der Waals surface area contributed by atoms with Crippen molar-refractivity contribution in [3.63, 3.8) is 0 Å². The Kier molecular flexibility index (Phi) is 5.96. The molecule has 0 N–H and O–H groups in total. The molecule has 3 rings (SSSR count). The van der Waals surface area contributed by atoms with Crippen LogP contribution < -0.4 is 5.56 Å². The Bertz CT molecular complexity index is 883. The summed E-state index contributed by atoms with van der Waals surface area (Å²) in [6, 6.07) is 9.17. The Balaban J connectivity index is 1.95. The number of halogens is 1. The highest BCUT2D eigenvalue weighted by Gasteiger charge is 2.38. The lowest BCUT2D eigenvalue weighted by atomic mass is 9.92. The van der Waals surface area contributed by atoms with Gasteiger partial charge in [0.1, 0.15) is 11.4 Å². The van der Waals surface area contributed by atoms with E-state index in [1.165, 1.54) is 29.3 Å². The van der Waals surface area contributed by atoms with Gasteiger partial charge >= 0.3 is 0 Å². The standard InChI is InChI=1S/C22H28FN3O2/c1-4-25(18-8-6-5-7-9-18)21(28)22(2,3)26-20(27)15-14-19(24-26)16-10-12-17(23)13-11-16/h10-15,18H,4-9H2,1-3H3. The predicted molar refractivity (Wildman–Crippen MR) is 107 cm³/mol. The van der Waals surface area contributed by atoms with Gasteiger partial charge < -0.3 is 4.90 Å². The van der Waals surface area contributed by atoms with Gasteiger partial charge in [-0.05, 0) is 63.9 Å². The van der Waals surface area contributed by atoms with Gasteiger partial charge in [0.15, 0.2) is 0 Å². The molecule has 1 aliphatic rings. The zero-order valence-corrected chi connectivity index (χ0v) is 16.8. The summed E-state index contributed by atoms with van der Waals surface area (Å²) in [7, 11) is 0. The third-order valence-corrected chi connectivity index (χ3v) is 5.61. The van der Waals surface area contributed by atoms with E-state index in [-0.39, 0.29) is 23.3 Å². The Morgan fingerprint density at radius 2 is 1.79 bits per heavy atom. The third-order valence-electron chi connectivity index (χ3n) is 5.61. The fourth-order valence-corrected chi connectivity index (χ4v) is 3.99. The number of likely N-dealkylation sites (N-methyl/N-ethyl adjacent to an activating group) is 1. The maximum atomic E-state index is 13.4. The molecule has 6 heteroatoms. The highest BCUT2D eigenvalue weighted by atomic mass is 19.1. The molecule has 28 heavy (non-hydrogen) atoms. The minimum Gasteiger partial charge on any atom is -0.338 e. The van der Waals surface area contributed by atoms with Crippen molar-refractivity contribution in [1.82, 2.24) is 14.7 Å². The summed E-state index contributed by atoms with van der Waals surface area (Å²) in [5.41, 5.74) is -0.219. The number of aromatic nitrogens is 2. The van der Waals surface area contributed by atoms with Crippen LogP contribution in [0.15, 0.2) is 41.2 Å². The molecule has 150 valence electrons. The molecule has 0 unspecified atom stereocenters. The van der Waals surface area contributed by atoms with Crippen molar-refractivity contribution in [1.29, 1.82) is 0 Å². The van der Waals surface area contributed by atoms with Gasteiger partial charge in [0.05, 0.1) is 5.69 Å². The zero-order chi connectivity index (χ0) is 20.3. The molecule has 0 radical (unpaired) electrons. The van der Waals surface area contributed by atoms with Crippen LogP contribution in [0.4, 0.5) is 4.39 Å². The van der Waals surface area contributed by atoms with Crippen molar-refractivity contribution >= 4 is 5.91 Å². The van der Waals surface area contributed by atoms with Crippen LogP contribution in [0.25, 0.3) is 11.3 Å². The molecule has 0 aliphatic heterocycles. The Labute approximate surface area is 165 Å². The summed E-state index contributed by atoms with van der Waals surface area (Å²) in [6.07, 6.45) is 5.49. The molecule has 0 atom stereocenters. The van der Waals surface area contributed by atoms with Crippen molar-refractivity contribution < 1.29 is 9.18 Å². The van der Waals surface area contributed by atoms with Crippen molar-refractivity contribution in [2.45, 2.75) is 64.5 Å². The average molecular weight is 385 g/mol. The van der Waals surface area contributed by atoms with E-state index in [1.54, 1.807) is 32.0 Å². The maximum Gasteiger partial charge on any atom is 0.267 e. The smallest absolute Gasteiger partial charge is 0.267 e. The van der Waals surface area contributed by atoms with Gasteiger partial charge in [-0.25, -0.2) is 9.07 Å². The number of hydrogen-bond donors (Lipinski definition) is 0. The van der Waals surface area contributed by atoms with Crippen LogP contribution in [0.5, 0.6) is 0 Å². The van der Waals surface area contributed by atoms with Gasteiger partial charge in [-0.1, -0.05) is 19.3 Å². The number of amides is 1. The van der Waals surface area contributed by atoms with Crippen LogP contribution in [0.3, 0.4) is 0 Å². The number of hydrogen-bond acceptors (Lipinski definition) is 3. The fraction of sp³-hybridized carbons (Fsp3) is 0.500. The number of carbonyl (C=O) groups excluding carboxylic acids is 1. The van der Waals surface area contributed by atoms with Crippen LogP contribution in [0, 0.1) is 5.82 Å². The summed E-state index contributed by atoms with van der Waals surface area (Å²) in [4.78, 5) is 27.9. The third kappa shape index (κ3) is 4.01. The first kappa shape index (κ1) is 20.2. The molecule has 1 saturated carbocycles. The van der Waals surface area contributed by atoms with Crippen LogP contribution in [0.2, 0.25) is 0 Å². The second-order valence-corrected chi connectivity index (χ2v) is 7.92. The van der Waals surface area contributed by atoms with E-state index in [1.807, 2.05) is 11.8 Å². The summed E-state index contributed by atoms with van der Waals surface area (Å²) in [5, 5.41) is 4.46. The molecule has 2 aromatic rings. The summed E-state index contributed by atoms with van der Waals surface area (Å²) in [5.74, 6) is -0.425. The minimum absolute atomic E-state index is 0.0900. The maximum absolute atomic E-state index is 13.4. The highest BCUT2D eigenvalue weighted by Crippen LogP contribution is 2.27. The second-order valence-electron chi connectivity index (χ2n) is 7.92. The molecular formula is C22H28FN3O2. The lowest BCUT2D eigenvalue weighted by Crippen LogP contribution is -2.54. The minimum atomic E-state index is -1.11. The molecular weight excluding hydrogens is 357 g/mol. The fourth-order valence-electron chi connectivity index (χ4n) is 3.99. The monoisotopic (exact) mass is 385 g/mol. The summed E-state index contributed by atoms with van der Waals surface area (Å²) < 4.78 is 14.5. The first-order valence-electron chi connectivity index (χ1n) is 10.0. The molecule has 1 heterocycles. The lowest BCUT2D eigenvalue weighted by molar-refractivity contribution is -0.142. The van der Waals surface area contributed by atoms with E-state index < -0.39 is 5.54 Å². The molecule has 1 aliphatic carbocycles. The number of benzene rings is 1. The van der Waals surface area contributed by atoms with Gasteiger partial charge in [-0.2, -0.15) is 5.10 Å². The molecule has 1 amide bonds. The zero-order valence-electron chi connectivity index (χ0n) is 16.8. The van der Waals surface area contributed by atoms with E-state index in [4.69, 9.17) is 0 Å². The Morgan fingerprint density at radius 1 is 1.14 bits per heavy atom. The quantitative estimate of drug-likeness (QED) is 0.783. The van der Waals surface area contributed by atoms with Crippen molar-refractivity contribution in [2.75, 3.05) is 6.54 Å². The number of rotatable bonds is 5. The van der Waals surface area contributed by atoms with E-state index in [0.717, 1.165) is 25.7 Å². The van der Waals surface area contributed by atoms with Crippen molar-refractivity contribution in [3.8, 4) is 11.3 Å². The molecule has 0 bridgehead atoms. The van der Waals surface area contributed by atoms with Gasteiger partial charge in [0.25, 0.3) is 5.56 Å². The Hall–Kier alpha value is -2.50. The average Bonchev–Trinajstić information content (AvgIpc) is 2.70. The van der Waals surface area contributed by atoms with Crippen molar-refractivity contribution in [2.24, 2.45) is 0 Å². The SMILES string of the molecule is CCN(C(=O)C(C)(C)n1nc(-c2ccc(F)cc2)ccc1=O)C1CCCCC1. The normalized spacial score (nSPS) is 15.4. The lowest BCUT2D eigenvalue weighted by Gasteiger charge is -2.38. The first-order chi connectivity index (χ1) is 13.3. The first-order valence-corrected chi connectivity index (χ1v) is 10.0. The molecule has 1 aromatic carbocycles. The molecule has 0 saturated heterocycles. The van der Waals surface area contributed by atoms with Gasteiger partial charge in [0, 0.05) is 24.2 Å². The van der Waals surface area contributed by atoms with E-state index in [2.05, 4.69) is 5.10 Å². The number of carbonyl (C=O) groups is 1. The summed E-state index contributed by atoms with van der Waals surface area (Å²) in [6.45, 7) is 6.07. The number of nitrogens with zero attached hydrogens (tertiary/aromatic N) is 3. The van der Waals surface area contributed by atoms with E-state index >= 15 is 0 Å². The van der Waals surface area contributed by atoms with Crippen LogP contribution in [-0.4, -0.2) is 33.2 Å². The van der Waals surface area contributed by atoms with Crippen LogP contribution in [-0.2, 0) is 10.3 Å².